The molecule has 4 rings (SSSR count). The minimum Gasteiger partial charge on any atom is -0.463 e. The van der Waals surface area contributed by atoms with E-state index in [1.165, 1.54) is 0 Å². The number of nitrogens with zero attached hydrogens (tertiary/aromatic N) is 5. The molecule has 1 aliphatic rings. The van der Waals surface area contributed by atoms with E-state index in [9.17, 15) is 0 Å². The summed E-state index contributed by atoms with van der Waals surface area (Å²) in [6, 6.07) is 10.3. The molecule has 3 aromatic rings. The Morgan fingerprint density at radius 3 is 2.64 bits per heavy atom. The van der Waals surface area contributed by atoms with Gasteiger partial charge in [-0.3, -0.25) is 0 Å². The SMILES string of the molecule is Cc1nc2ccccc2nc1N1CCCC(COc2ncccn2)C1. The van der Waals surface area contributed by atoms with Crippen LogP contribution in [0.25, 0.3) is 11.0 Å². The predicted octanol–water partition coefficient (Wildman–Crippen LogP) is 3.02. The van der Waals surface area contributed by atoms with Crippen molar-refractivity contribution in [1.82, 2.24) is 19.9 Å². The van der Waals surface area contributed by atoms with Gasteiger partial charge in [-0.1, -0.05) is 12.1 Å². The van der Waals surface area contributed by atoms with Gasteiger partial charge in [0.2, 0.25) is 0 Å². The second-order valence-electron chi connectivity index (χ2n) is 6.42. The summed E-state index contributed by atoms with van der Waals surface area (Å²) in [7, 11) is 0. The van der Waals surface area contributed by atoms with E-state index >= 15 is 0 Å². The van der Waals surface area contributed by atoms with E-state index in [1.807, 2.05) is 31.2 Å². The van der Waals surface area contributed by atoms with E-state index in [2.05, 4.69) is 14.9 Å². The van der Waals surface area contributed by atoms with Crippen LogP contribution < -0.4 is 9.64 Å². The number of hydrogen-bond acceptors (Lipinski definition) is 6. The molecule has 6 nitrogen and oxygen atoms in total. The fraction of sp³-hybridized carbons (Fsp3) is 0.368. The van der Waals surface area contributed by atoms with Crippen LogP contribution in [-0.2, 0) is 0 Å². The van der Waals surface area contributed by atoms with E-state index in [0.29, 0.717) is 18.5 Å². The van der Waals surface area contributed by atoms with Crippen molar-refractivity contribution < 1.29 is 4.74 Å². The molecular formula is C19H21N5O. The number of aromatic nitrogens is 4. The Bertz CT molecular complexity index is 855. The first-order valence-electron chi connectivity index (χ1n) is 8.68. The third kappa shape index (κ3) is 3.52. The van der Waals surface area contributed by atoms with E-state index in [0.717, 1.165) is 48.5 Å². The van der Waals surface area contributed by atoms with Crippen molar-refractivity contribution in [3.8, 4) is 6.01 Å². The van der Waals surface area contributed by atoms with Gasteiger partial charge < -0.3 is 9.64 Å². The molecule has 0 spiro atoms. The van der Waals surface area contributed by atoms with Crippen molar-refractivity contribution in [1.29, 1.82) is 0 Å². The number of rotatable bonds is 4. The number of fused-ring (bicyclic) bond motifs is 1. The summed E-state index contributed by atoms with van der Waals surface area (Å²) >= 11 is 0. The number of benzene rings is 1. The minimum atomic E-state index is 0.435. The van der Waals surface area contributed by atoms with Gasteiger partial charge in [0.25, 0.3) is 0 Å². The van der Waals surface area contributed by atoms with Crippen molar-refractivity contribution in [3.05, 3.63) is 48.4 Å². The van der Waals surface area contributed by atoms with Crippen molar-refractivity contribution in [2.45, 2.75) is 19.8 Å². The average Bonchev–Trinajstić information content (AvgIpc) is 2.67. The molecule has 1 aromatic carbocycles. The highest BCUT2D eigenvalue weighted by molar-refractivity contribution is 5.76. The first kappa shape index (κ1) is 15.7. The van der Waals surface area contributed by atoms with Crippen LogP contribution in [0.15, 0.2) is 42.7 Å². The lowest BCUT2D eigenvalue weighted by Crippen LogP contribution is -2.38. The number of para-hydroxylation sites is 2. The number of hydrogen-bond donors (Lipinski definition) is 0. The Morgan fingerprint density at radius 1 is 1.08 bits per heavy atom. The van der Waals surface area contributed by atoms with Gasteiger partial charge in [0, 0.05) is 31.4 Å². The fourth-order valence-electron chi connectivity index (χ4n) is 3.32. The number of piperidine rings is 1. The highest BCUT2D eigenvalue weighted by Gasteiger charge is 2.23. The molecule has 0 bridgehead atoms. The number of anilines is 1. The predicted molar refractivity (Wildman–Crippen MR) is 96.7 cm³/mol. The van der Waals surface area contributed by atoms with Gasteiger partial charge in [-0.25, -0.2) is 19.9 Å². The van der Waals surface area contributed by atoms with Crippen LogP contribution in [0, 0.1) is 12.8 Å². The Balaban J connectivity index is 1.48. The maximum atomic E-state index is 5.75. The molecule has 0 aliphatic carbocycles. The van der Waals surface area contributed by atoms with Crippen molar-refractivity contribution in [3.63, 3.8) is 0 Å². The number of aryl methyl sites for hydroxylation is 1. The van der Waals surface area contributed by atoms with Crippen LogP contribution in [0.3, 0.4) is 0 Å². The van der Waals surface area contributed by atoms with Crippen molar-refractivity contribution in [2.24, 2.45) is 5.92 Å². The Kier molecular flexibility index (Phi) is 4.41. The zero-order valence-corrected chi connectivity index (χ0v) is 14.3. The lowest BCUT2D eigenvalue weighted by molar-refractivity contribution is 0.214. The lowest BCUT2D eigenvalue weighted by Gasteiger charge is -2.33. The third-order valence-corrected chi connectivity index (χ3v) is 4.53. The van der Waals surface area contributed by atoms with Crippen molar-refractivity contribution in [2.75, 3.05) is 24.6 Å². The van der Waals surface area contributed by atoms with Gasteiger partial charge in [-0.2, -0.15) is 0 Å². The maximum absolute atomic E-state index is 5.75. The van der Waals surface area contributed by atoms with Crippen LogP contribution in [-0.4, -0.2) is 39.6 Å². The molecule has 1 aliphatic heterocycles. The second kappa shape index (κ2) is 7.01. The Morgan fingerprint density at radius 2 is 1.84 bits per heavy atom. The molecule has 0 N–H and O–H groups in total. The average molecular weight is 335 g/mol. The smallest absolute Gasteiger partial charge is 0.316 e. The second-order valence-corrected chi connectivity index (χ2v) is 6.42. The fourth-order valence-corrected chi connectivity index (χ4v) is 3.32. The zero-order valence-electron chi connectivity index (χ0n) is 14.3. The zero-order chi connectivity index (χ0) is 17.1. The van der Waals surface area contributed by atoms with Gasteiger partial charge >= 0.3 is 6.01 Å². The first-order chi connectivity index (χ1) is 12.3. The normalized spacial score (nSPS) is 17.6. The van der Waals surface area contributed by atoms with Crippen LogP contribution in [0.1, 0.15) is 18.5 Å². The van der Waals surface area contributed by atoms with E-state index in [1.54, 1.807) is 18.5 Å². The molecule has 128 valence electrons. The summed E-state index contributed by atoms with van der Waals surface area (Å²) in [6.07, 6.45) is 5.66. The maximum Gasteiger partial charge on any atom is 0.316 e. The van der Waals surface area contributed by atoms with Gasteiger partial charge in [0.1, 0.15) is 0 Å². The molecule has 0 radical (unpaired) electrons. The van der Waals surface area contributed by atoms with Gasteiger partial charge in [-0.05, 0) is 38.0 Å². The largest absolute Gasteiger partial charge is 0.463 e. The summed E-state index contributed by atoms with van der Waals surface area (Å²) in [6.45, 7) is 4.58. The number of ether oxygens (including phenoxy) is 1. The van der Waals surface area contributed by atoms with Crippen LogP contribution in [0.5, 0.6) is 6.01 Å². The highest BCUT2D eigenvalue weighted by atomic mass is 16.5. The monoisotopic (exact) mass is 335 g/mol. The quantitative estimate of drug-likeness (QED) is 0.730. The topological polar surface area (TPSA) is 64.0 Å². The Hall–Kier alpha value is -2.76. The first-order valence-corrected chi connectivity index (χ1v) is 8.68. The minimum absolute atomic E-state index is 0.435. The van der Waals surface area contributed by atoms with Gasteiger partial charge in [0.15, 0.2) is 5.82 Å². The van der Waals surface area contributed by atoms with Crippen LogP contribution in [0.2, 0.25) is 0 Å². The molecular weight excluding hydrogens is 314 g/mol. The third-order valence-electron chi connectivity index (χ3n) is 4.53. The summed E-state index contributed by atoms with van der Waals surface area (Å²) in [5.74, 6) is 1.42. The van der Waals surface area contributed by atoms with Crippen LogP contribution in [0.4, 0.5) is 5.82 Å². The molecule has 3 heterocycles. The summed E-state index contributed by atoms with van der Waals surface area (Å²) < 4.78 is 5.75. The standard InChI is InChI=1S/C19H21N5O/c1-14-18(23-17-8-3-2-7-16(17)22-14)24-11-4-6-15(12-24)13-25-19-20-9-5-10-21-19/h2-3,5,7-10,15H,4,6,11-13H2,1H3. The molecule has 0 saturated carbocycles. The highest BCUT2D eigenvalue weighted by Crippen LogP contribution is 2.25. The molecule has 25 heavy (non-hydrogen) atoms. The molecule has 0 amide bonds. The summed E-state index contributed by atoms with van der Waals surface area (Å²) in [4.78, 5) is 20.1. The summed E-state index contributed by atoms with van der Waals surface area (Å²) in [5.41, 5.74) is 2.87. The van der Waals surface area contributed by atoms with Gasteiger partial charge in [-0.15, -0.1) is 0 Å². The van der Waals surface area contributed by atoms with E-state index in [-0.39, 0.29) is 0 Å². The molecule has 1 unspecified atom stereocenters. The Labute approximate surface area is 146 Å². The van der Waals surface area contributed by atoms with Crippen molar-refractivity contribution >= 4 is 16.9 Å². The molecule has 2 aromatic heterocycles. The molecule has 1 fully saturated rings. The summed E-state index contributed by atoms with van der Waals surface area (Å²) in [5, 5.41) is 0. The van der Waals surface area contributed by atoms with E-state index < -0.39 is 0 Å². The molecule has 1 saturated heterocycles. The molecule has 1 atom stereocenters. The van der Waals surface area contributed by atoms with Gasteiger partial charge in [0.05, 0.1) is 23.3 Å². The van der Waals surface area contributed by atoms with E-state index in [4.69, 9.17) is 14.7 Å². The molecule has 6 heteroatoms. The van der Waals surface area contributed by atoms with Crippen LogP contribution >= 0.6 is 0 Å². The lowest BCUT2D eigenvalue weighted by atomic mass is 9.99.